The lowest BCUT2D eigenvalue weighted by Gasteiger charge is -2.20. The molecule has 5 N–H and O–H groups in total. The van der Waals surface area contributed by atoms with Crippen LogP contribution in [0.25, 0.3) is 0 Å². The normalized spacial score (nSPS) is 16.3. The zero-order valence-corrected chi connectivity index (χ0v) is 10.8. The summed E-state index contributed by atoms with van der Waals surface area (Å²) in [6.07, 6.45) is 4.88. The smallest absolute Gasteiger partial charge is 0.250 e. The first-order valence-electron chi connectivity index (χ1n) is 6.56. The summed E-state index contributed by atoms with van der Waals surface area (Å²) >= 11 is 0. The minimum Gasteiger partial charge on any atom is -0.399 e. The monoisotopic (exact) mass is 247 g/mol. The number of nitrogen functional groups attached to an aromatic ring is 1. The van der Waals surface area contributed by atoms with Crippen molar-refractivity contribution >= 4 is 17.3 Å². The molecule has 1 unspecified atom stereocenters. The summed E-state index contributed by atoms with van der Waals surface area (Å²) in [6, 6.07) is 5.66. The van der Waals surface area contributed by atoms with E-state index in [0.29, 0.717) is 17.3 Å². The molecule has 1 amide bonds. The molecule has 1 aliphatic carbocycles. The van der Waals surface area contributed by atoms with Crippen LogP contribution >= 0.6 is 0 Å². The van der Waals surface area contributed by atoms with Gasteiger partial charge in [0, 0.05) is 17.4 Å². The van der Waals surface area contributed by atoms with Gasteiger partial charge in [0.05, 0.1) is 5.56 Å². The van der Waals surface area contributed by atoms with E-state index < -0.39 is 5.91 Å². The summed E-state index contributed by atoms with van der Waals surface area (Å²) in [5, 5.41) is 3.42. The molecule has 0 heterocycles. The second kappa shape index (κ2) is 5.29. The molecule has 1 aliphatic rings. The third kappa shape index (κ3) is 3.15. The maximum Gasteiger partial charge on any atom is 0.250 e. The van der Waals surface area contributed by atoms with E-state index in [9.17, 15) is 4.79 Å². The molecule has 2 rings (SSSR count). The van der Waals surface area contributed by atoms with Crippen LogP contribution in [-0.2, 0) is 0 Å². The van der Waals surface area contributed by atoms with Crippen LogP contribution in [0.4, 0.5) is 11.4 Å². The standard InChI is InChI=1S/C14H21N3O/c1-2-11(7-9-3-4-9)17-13-6-5-10(15)8-12(13)14(16)18/h5-6,8-9,11,17H,2-4,7,15H2,1H3,(H2,16,18). The second-order valence-electron chi connectivity index (χ2n) is 5.10. The average molecular weight is 247 g/mol. The fraction of sp³-hybridized carbons (Fsp3) is 0.500. The highest BCUT2D eigenvalue weighted by Crippen LogP contribution is 2.35. The quantitative estimate of drug-likeness (QED) is 0.675. The van der Waals surface area contributed by atoms with Crippen molar-refractivity contribution in [2.75, 3.05) is 11.1 Å². The lowest BCUT2D eigenvalue weighted by Crippen LogP contribution is -2.22. The molecule has 1 atom stereocenters. The first-order valence-corrected chi connectivity index (χ1v) is 6.56. The van der Waals surface area contributed by atoms with Gasteiger partial charge < -0.3 is 16.8 Å². The Balaban J connectivity index is 2.13. The van der Waals surface area contributed by atoms with Gasteiger partial charge in [0.15, 0.2) is 0 Å². The van der Waals surface area contributed by atoms with Crippen LogP contribution in [0.3, 0.4) is 0 Å². The highest BCUT2D eigenvalue weighted by molar-refractivity contribution is 5.99. The van der Waals surface area contributed by atoms with E-state index in [-0.39, 0.29) is 0 Å². The van der Waals surface area contributed by atoms with Crippen LogP contribution < -0.4 is 16.8 Å². The van der Waals surface area contributed by atoms with E-state index in [0.717, 1.165) is 18.0 Å². The average Bonchev–Trinajstić information content (AvgIpc) is 3.14. The number of carbonyl (C=O) groups excluding carboxylic acids is 1. The number of benzene rings is 1. The zero-order valence-electron chi connectivity index (χ0n) is 10.8. The molecule has 0 bridgehead atoms. The molecule has 1 saturated carbocycles. The molecule has 0 aromatic heterocycles. The lowest BCUT2D eigenvalue weighted by molar-refractivity contribution is 0.100. The van der Waals surface area contributed by atoms with Gasteiger partial charge in [-0.3, -0.25) is 4.79 Å². The van der Waals surface area contributed by atoms with E-state index in [2.05, 4.69) is 12.2 Å². The predicted octanol–water partition coefficient (Wildman–Crippen LogP) is 2.36. The molecule has 1 aromatic carbocycles. The minimum absolute atomic E-state index is 0.402. The zero-order chi connectivity index (χ0) is 13.1. The number of rotatable bonds is 6. The fourth-order valence-electron chi connectivity index (χ4n) is 2.20. The summed E-state index contributed by atoms with van der Waals surface area (Å²) in [7, 11) is 0. The van der Waals surface area contributed by atoms with E-state index in [1.54, 1.807) is 12.1 Å². The van der Waals surface area contributed by atoms with E-state index in [1.165, 1.54) is 19.3 Å². The molecule has 0 spiro atoms. The van der Waals surface area contributed by atoms with Crippen molar-refractivity contribution in [2.45, 2.75) is 38.6 Å². The van der Waals surface area contributed by atoms with Gasteiger partial charge in [0.25, 0.3) is 5.91 Å². The molecule has 1 fully saturated rings. The molecule has 0 radical (unpaired) electrons. The van der Waals surface area contributed by atoms with Crippen LogP contribution in [0.5, 0.6) is 0 Å². The van der Waals surface area contributed by atoms with Gasteiger partial charge in [-0.25, -0.2) is 0 Å². The van der Waals surface area contributed by atoms with Crippen molar-refractivity contribution in [3.63, 3.8) is 0 Å². The van der Waals surface area contributed by atoms with Gasteiger partial charge >= 0.3 is 0 Å². The van der Waals surface area contributed by atoms with Crippen molar-refractivity contribution in [3.8, 4) is 0 Å². The SMILES string of the molecule is CCC(CC1CC1)Nc1ccc(N)cc1C(N)=O. The van der Waals surface area contributed by atoms with Crippen LogP contribution in [-0.4, -0.2) is 11.9 Å². The Morgan fingerprint density at radius 3 is 2.78 bits per heavy atom. The number of nitrogens with two attached hydrogens (primary N) is 2. The number of primary amides is 1. The van der Waals surface area contributed by atoms with Gasteiger partial charge in [-0.05, 0) is 37.0 Å². The number of amides is 1. The van der Waals surface area contributed by atoms with E-state index >= 15 is 0 Å². The summed E-state index contributed by atoms with van der Waals surface area (Å²) in [6.45, 7) is 2.15. The number of hydrogen-bond acceptors (Lipinski definition) is 3. The van der Waals surface area contributed by atoms with Crippen molar-refractivity contribution in [2.24, 2.45) is 11.7 Å². The summed E-state index contributed by atoms with van der Waals surface area (Å²) in [5.74, 6) is 0.416. The van der Waals surface area contributed by atoms with Crippen molar-refractivity contribution in [3.05, 3.63) is 23.8 Å². The summed E-state index contributed by atoms with van der Waals surface area (Å²) < 4.78 is 0. The van der Waals surface area contributed by atoms with Gasteiger partial charge in [-0.1, -0.05) is 19.8 Å². The molecule has 98 valence electrons. The molecule has 4 heteroatoms. The second-order valence-corrected chi connectivity index (χ2v) is 5.10. The first-order chi connectivity index (χ1) is 8.60. The first kappa shape index (κ1) is 12.7. The molecule has 4 nitrogen and oxygen atoms in total. The number of nitrogens with one attached hydrogen (secondary N) is 1. The van der Waals surface area contributed by atoms with Crippen LogP contribution in [0.15, 0.2) is 18.2 Å². The van der Waals surface area contributed by atoms with E-state index in [4.69, 9.17) is 11.5 Å². The predicted molar refractivity (Wildman–Crippen MR) is 74.4 cm³/mol. The molecule has 1 aromatic rings. The Bertz CT molecular complexity index is 441. The largest absolute Gasteiger partial charge is 0.399 e. The third-order valence-electron chi connectivity index (χ3n) is 3.48. The van der Waals surface area contributed by atoms with Gasteiger partial charge in [-0.2, -0.15) is 0 Å². The third-order valence-corrected chi connectivity index (χ3v) is 3.48. The number of carbonyl (C=O) groups is 1. The number of anilines is 2. The van der Waals surface area contributed by atoms with Crippen molar-refractivity contribution in [1.29, 1.82) is 0 Å². The van der Waals surface area contributed by atoms with Crippen LogP contribution in [0, 0.1) is 5.92 Å². The maximum atomic E-state index is 11.4. The molecule has 0 aliphatic heterocycles. The molecular weight excluding hydrogens is 226 g/mol. The van der Waals surface area contributed by atoms with E-state index in [1.807, 2.05) is 6.07 Å². The Hall–Kier alpha value is -1.71. The van der Waals surface area contributed by atoms with Gasteiger partial charge in [-0.15, -0.1) is 0 Å². The van der Waals surface area contributed by atoms with Crippen molar-refractivity contribution < 1.29 is 4.79 Å². The molecule has 0 saturated heterocycles. The lowest BCUT2D eigenvalue weighted by atomic mass is 10.1. The van der Waals surface area contributed by atoms with Gasteiger partial charge in [0.2, 0.25) is 0 Å². The molecular formula is C14H21N3O. The highest BCUT2D eigenvalue weighted by atomic mass is 16.1. The summed E-state index contributed by atoms with van der Waals surface area (Å²) in [4.78, 5) is 11.4. The van der Waals surface area contributed by atoms with Gasteiger partial charge in [0.1, 0.15) is 0 Å². The Kier molecular flexibility index (Phi) is 3.75. The van der Waals surface area contributed by atoms with Crippen molar-refractivity contribution in [1.82, 2.24) is 0 Å². The Labute approximate surface area is 108 Å². The van der Waals surface area contributed by atoms with Crippen LogP contribution in [0.1, 0.15) is 43.0 Å². The number of hydrogen-bond donors (Lipinski definition) is 3. The Morgan fingerprint density at radius 1 is 1.50 bits per heavy atom. The topological polar surface area (TPSA) is 81.1 Å². The molecule has 18 heavy (non-hydrogen) atoms. The van der Waals surface area contributed by atoms with Crippen LogP contribution in [0.2, 0.25) is 0 Å². The maximum absolute atomic E-state index is 11.4. The highest BCUT2D eigenvalue weighted by Gasteiger charge is 2.25. The fourth-order valence-corrected chi connectivity index (χ4v) is 2.20. The summed E-state index contributed by atoms with van der Waals surface area (Å²) in [5.41, 5.74) is 12.9. The minimum atomic E-state index is -0.439. The Morgan fingerprint density at radius 2 is 2.22 bits per heavy atom.